The Morgan fingerprint density at radius 2 is 1.79 bits per heavy atom. The van der Waals surface area contributed by atoms with Crippen molar-refractivity contribution in [2.75, 3.05) is 0 Å². The molecule has 19 heavy (non-hydrogen) atoms. The summed E-state index contributed by atoms with van der Waals surface area (Å²) in [6, 6.07) is 1.41. The first kappa shape index (κ1) is 13.8. The summed E-state index contributed by atoms with van der Waals surface area (Å²) in [6.07, 6.45) is -4.27. The molecule has 1 heterocycles. The van der Waals surface area contributed by atoms with Crippen molar-refractivity contribution in [1.29, 1.82) is 0 Å². The Balaban J connectivity index is 2.49. The van der Waals surface area contributed by atoms with E-state index >= 15 is 0 Å². The highest BCUT2D eigenvalue weighted by Crippen LogP contribution is 2.34. The van der Waals surface area contributed by atoms with Crippen LogP contribution >= 0.6 is 0 Å². The summed E-state index contributed by atoms with van der Waals surface area (Å²) in [5.41, 5.74) is -1.39. The van der Waals surface area contributed by atoms with Gasteiger partial charge in [-0.05, 0) is 11.5 Å². The van der Waals surface area contributed by atoms with E-state index in [0.717, 1.165) is 6.07 Å². The molecule has 1 aromatic carbocycles. The third-order valence-electron chi connectivity index (χ3n) is 2.51. The minimum atomic E-state index is -4.73. The average molecular weight is 275 g/mol. The lowest BCUT2D eigenvalue weighted by Crippen LogP contribution is -2.09. The van der Waals surface area contributed by atoms with Gasteiger partial charge in [0.05, 0.1) is 5.56 Å². The van der Waals surface area contributed by atoms with Crippen molar-refractivity contribution in [3.8, 4) is 0 Å². The molecule has 0 atom stereocenters. The van der Waals surface area contributed by atoms with E-state index < -0.39 is 17.6 Å². The van der Waals surface area contributed by atoms with E-state index in [0.29, 0.717) is 18.4 Å². The fraction of sp³-hybridized carbons (Fsp3) is 0.462. The molecule has 2 aromatic rings. The summed E-state index contributed by atoms with van der Waals surface area (Å²) >= 11 is 0. The summed E-state index contributed by atoms with van der Waals surface area (Å²) in [7, 11) is 0. The van der Waals surface area contributed by atoms with Crippen LogP contribution in [-0.4, -0.2) is 4.98 Å². The second-order valence-electron chi connectivity index (χ2n) is 5.64. The second-order valence-corrected chi connectivity index (χ2v) is 5.64. The number of aromatic nitrogens is 1. The smallest absolute Gasteiger partial charge is 0.419 e. The van der Waals surface area contributed by atoms with E-state index in [2.05, 4.69) is 4.98 Å². The number of benzene rings is 1. The van der Waals surface area contributed by atoms with Crippen LogP contribution in [0.2, 0.25) is 0 Å². The van der Waals surface area contributed by atoms with Gasteiger partial charge in [-0.3, -0.25) is 0 Å². The number of hydrogen-bond donors (Lipinski definition) is 0. The zero-order chi connectivity index (χ0) is 14.4. The van der Waals surface area contributed by atoms with E-state index in [-0.39, 0.29) is 16.5 Å². The van der Waals surface area contributed by atoms with Crippen LogP contribution in [0.3, 0.4) is 0 Å². The molecule has 0 aliphatic carbocycles. The largest absolute Gasteiger partial charge is 0.441 e. The molecule has 0 fully saturated rings. The molecule has 0 saturated heterocycles. The van der Waals surface area contributed by atoms with Crippen LogP contribution in [0.5, 0.6) is 0 Å². The van der Waals surface area contributed by atoms with Gasteiger partial charge in [0.2, 0.25) is 0 Å². The molecule has 0 aliphatic rings. The van der Waals surface area contributed by atoms with E-state index in [1.165, 1.54) is 0 Å². The Bertz CT molecular complexity index is 607. The summed E-state index contributed by atoms with van der Waals surface area (Å²) in [4.78, 5) is 3.98. The number of hydrogen-bond acceptors (Lipinski definition) is 2. The second kappa shape index (κ2) is 4.21. The number of fused-ring (bicyclic) bond motifs is 1. The standard InChI is InChI=1S/C13H13F4NO/c1-12(2,3)6-11-18-9-4-7(13(15,16)17)8(14)5-10(9)19-11/h4-5H,6H2,1-3H3. The third-order valence-corrected chi connectivity index (χ3v) is 2.51. The predicted octanol–water partition coefficient (Wildman–Crippen LogP) is 4.57. The predicted molar refractivity (Wildman–Crippen MR) is 62.1 cm³/mol. The van der Waals surface area contributed by atoms with Crippen LogP contribution in [0, 0.1) is 11.2 Å². The maximum atomic E-state index is 13.4. The molecule has 0 aliphatic heterocycles. The Labute approximate surface area is 107 Å². The molecule has 0 radical (unpaired) electrons. The van der Waals surface area contributed by atoms with E-state index in [4.69, 9.17) is 4.42 Å². The third kappa shape index (κ3) is 3.05. The maximum Gasteiger partial charge on any atom is 0.419 e. The quantitative estimate of drug-likeness (QED) is 0.712. The summed E-state index contributed by atoms with van der Waals surface area (Å²) < 4.78 is 56.3. The fourth-order valence-corrected chi connectivity index (χ4v) is 1.74. The van der Waals surface area contributed by atoms with Crippen LogP contribution in [0.1, 0.15) is 32.2 Å². The van der Waals surface area contributed by atoms with Crippen LogP contribution in [0.4, 0.5) is 17.6 Å². The molecule has 2 rings (SSSR count). The van der Waals surface area contributed by atoms with Crippen molar-refractivity contribution in [3.63, 3.8) is 0 Å². The van der Waals surface area contributed by atoms with Gasteiger partial charge in [0.25, 0.3) is 0 Å². The van der Waals surface area contributed by atoms with E-state index in [1.807, 2.05) is 20.8 Å². The molecule has 1 aromatic heterocycles. The number of rotatable bonds is 1. The van der Waals surface area contributed by atoms with E-state index in [9.17, 15) is 17.6 Å². The lowest BCUT2D eigenvalue weighted by atomic mass is 9.92. The first-order chi connectivity index (χ1) is 8.56. The summed E-state index contributed by atoms with van der Waals surface area (Å²) in [5.74, 6) is -1.04. The summed E-state index contributed by atoms with van der Waals surface area (Å²) in [6.45, 7) is 5.84. The van der Waals surface area contributed by atoms with Crippen molar-refractivity contribution < 1.29 is 22.0 Å². The van der Waals surface area contributed by atoms with Crippen molar-refractivity contribution in [2.24, 2.45) is 5.41 Å². The normalized spacial score (nSPS) is 13.2. The lowest BCUT2D eigenvalue weighted by Gasteiger charge is -2.14. The number of oxazole rings is 1. The molecular formula is C13H13F4NO. The van der Waals surface area contributed by atoms with Crippen molar-refractivity contribution in [2.45, 2.75) is 33.4 Å². The molecule has 2 nitrogen and oxygen atoms in total. The molecule has 0 N–H and O–H groups in total. The molecule has 0 spiro atoms. The minimum absolute atomic E-state index is 0.0213. The van der Waals surface area contributed by atoms with Gasteiger partial charge in [-0.1, -0.05) is 20.8 Å². The van der Waals surface area contributed by atoms with Gasteiger partial charge in [-0.2, -0.15) is 13.2 Å². The Morgan fingerprint density at radius 3 is 2.32 bits per heavy atom. The molecule has 0 amide bonds. The van der Waals surface area contributed by atoms with Crippen molar-refractivity contribution in [3.05, 3.63) is 29.4 Å². The zero-order valence-corrected chi connectivity index (χ0v) is 10.7. The van der Waals surface area contributed by atoms with Gasteiger partial charge in [0.15, 0.2) is 11.5 Å². The van der Waals surface area contributed by atoms with Gasteiger partial charge in [0, 0.05) is 12.5 Å². The van der Waals surface area contributed by atoms with Gasteiger partial charge >= 0.3 is 6.18 Å². The highest BCUT2D eigenvalue weighted by molar-refractivity contribution is 5.73. The lowest BCUT2D eigenvalue weighted by molar-refractivity contribution is -0.139. The molecule has 104 valence electrons. The molecule has 0 unspecified atom stereocenters. The Hall–Kier alpha value is -1.59. The van der Waals surface area contributed by atoms with Crippen LogP contribution in [0.15, 0.2) is 16.5 Å². The zero-order valence-electron chi connectivity index (χ0n) is 10.7. The van der Waals surface area contributed by atoms with Crippen molar-refractivity contribution in [1.82, 2.24) is 4.98 Å². The van der Waals surface area contributed by atoms with Crippen LogP contribution in [0.25, 0.3) is 11.1 Å². The first-order valence-electron chi connectivity index (χ1n) is 5.72. The topological polar surface area (TPSA) is 26.0 Å². The maximum absolute atomic E-state index is 13.4. The van der Waals surface area contributed by atoms with Crippen molar-refractivity contribution >= 4 is 11.1 Å². The first-order valence-corrected chi connectivity index (χ1v) is 5.72. The molecular weight excluding hydrogens is 262 g/mol. The molecule has 0 saturated carbocycles. The highest BCUT2D eigenvalue weighted by Gasteiger charge is 2.35. The fourth-order valence-electron chi connectivity index (χ4n) is 1.74. The molecule has 0 bridgehead atoms. The number of alkyl halides is 3. The highest BCUT2D eigenvalue weighted by atomic mass is 19.4. The van der Waals surface area contributed by atoms with Gasteiger partial charge in [-0.15, -0.1) is 0 Å². The SMILES string of the molecule is CC(C)(C)Cc1nc2cc(C(F)(F)F)c(F)cc2o1. The van der Waals surface area contributed by atoms with Crippen LogP contribution in [-0.2, 0) is 12.6 Å². The number of halogens is 4. The van der Waals surface area contributed by atoms with Gasteiger partial charge in [-0.25, -0.2) is 9.37 Å². The molecule has 6 heteroatoms. The number of nitrogens with zero attached hydrogens (tertiary/aromatic N) is 1. The Morgan fingerprint density at radius 1 is 1.16 bits per heavy atom. The van der Waals surface area contributed by atoms with E-state index in [1.54, 1.807) is 0 Å². The monoisotopic (exact) mass is 275 g/mol. The summed E-state index contributed by atoms with van der Waals surface area (Å²) in [5, 5.41) is 0. The van der Waals surface area contributed by atoms with Crippen LogP contribution < -0.4 is 0 Å². The average Bonchev–Trinajstić information content (AvgIpc) is 2.52. The van der Waals surface area contributed by atoms with Gasteiger partial charge < -0.3 is 4.42 Å². The van der Waals surface area contributed by atoms with Gasteiger partial charge in [0.1, 0.15) is 11.3 Å². The minimum Gasteiger partial charge on any atom is -0.441 e. The Kier molecular flexibility index (Phi) is 3.07.